The van der Waals surface area contributed by atoms with E-state index in [1.165, 1.54) is 19.1 Å². The van der Waals surface area contributed by atoms with Gasteiger partial charge < -0.3 is 14.8 Å². The van der Waals surface area contributed by atoms with Gasteiger partial charge in [0.05, 0.1) is 17.4 Å². The van der Waals surface area contributed by atoms with Gasteiger partial charge in [0.25, 0.3) is 5.91 Å². The number of nitrogens with one attached hydrogen (secondary N) is 1. The van der Waals surface area contributed by atoms with E-state index in [0.717, 1.165) is 42.3 Å². The molecule has 1 amide bonds. The van der Waals surface area contributed by atoms with Crippen LogP contribution in [0.5, 0.6) is 5.75 Å². The van der Waals surface area contributed by atoms with Gasteiger partial charge in [0.2, 0.25) is 5.43 Å². The first-order valence-electron chi connectivity index (χ1n) is 10.6. The second-order valence-electron chi connectivity index (χ2n) is 7.88. The molecule has 1 saturated heterocycles. The molecule has 4 rings (SSSR count). The van der Waals surface area contributed by atoms with Gasteiger partial charge in [-0.3, -0.25) is 9.59 Å². The number of halogens is 3. The molecular weight excluding hydrogens is 451 g/mol. The molecule has 0 radical (unpaired) electrons. The highest BCUT2D eigenvalue weighted by atomic mass is 19.4. The third kappa shape index (κ3) is 5.45. The molecule has 1 atom stereocenters. The maximum Gasteiger partial charge on any atom is 0.416 e. The summed E-state index contributed by atoms with van der Waals surface area (Å²) in [6.07, 6.45) is -2.49. The van der Waals surface area contributed by atoms with Crippen LogP contribution in [0.1, 0.15) is 34.6 Å². The van der Waals surface area contributed by atoms with E-state index < -0.39 is 28.8 Å². The number of hydrogen-bond acceptors (Lipinski definition) is 5. The second-order valence-corrected chi connectivity index (χ2v) is 7.88. The Labute approximate surface area is 193 Å². The first-order valence-corrected chi connectivity index (χ1v) is 10.6. The van der Waals surface area contributed by atoms with Gasteiger partial charge in [-0.2, -0.15) is 18.3 Å². The van der Waals surface area contributed by atoms with Crippen molar-refractivity contribution in [2.45, 2.75) is 32.0 Å². The van der Waals surface area contributed by atoms with E-state index in [4.69, 9.17) is 9.47 Å². The summed E-state index contributed by atoms with van der Waals surface area (Å²) >= 11 is 0. The number of benzene rings is 2. The molecule has 0 bridgehead atoms. The summed E-state index contributed by atoms with van der Waals surface area (Å²) in [6.45, 7) is 2.70. The van der Waals surface area contributed by atoms with E-state index in [2.05, 4.69) is 10.4 Å². The summed E-state index contributed by atoms with van der Waals surface area (Å²) < 4.78 is 51.6. The summed E-state index contributed by atoms with van der Waals surface area (Å²) in [5.41, 5.74) is -1.18. The van der Waals surface area contributed by atoms with Crippen molar-refractivity contribution in [3.8, 4) is 11.4 Å². The highest BCUT2D eigenvalue weighted by Crippen LogP contribution is 2.30. The number of carbonyl (C=O) groups excluding carboxylic acids is 1. The average Bonchev–Trinajstić information content (AvgIpc) is 3.32. The number of nitrogens with zero attached hydrogens (tertiary/aromatic N) is 2. The molecule has 1 N–H and O–H groups in total. The predicted octanol–water partition coefficient (Wildman–Crippen LogP) is 4.37. The van der Waals surface area contributed by atoms with Gasteiger partial charge in [-0.05, 0) is 62.2 Å². The summed E-state index contributed by atoms with van der Waals surface area (Å²) in [4.78, 5) is 25.1. The monoisotopic (exact) mass is 473 g/mol. The summed E-state index contributed by atoms with van der Waals surface area (Å²) in [5.74, 6) is -0.174. The van der Waals surface area contributed by atoms with Crippen LogP contribution in [-0.4, -0.2) is 35.0 Å². The normalized spacial score (nSPS) is 15.8. The average molecular weight is 473 g/mol. The maximum absolute atomic E-state index is 13.1. The van der Waals surface area contributed by atoms with E-state index in [-0.39, 0.29) is 17.5 Å². The van der Waals surface area contributed by atoms with Crippen LogP contribution in [-0.2, 0) is 10.9 Å². The fraction of sp³-hybridized carbons (Fsp3) is 0.292. The minimum Gasteiger partial charge on any atom is -0.491 e. The van der Waals surface area contributed by atoms with Gasteiger partial charge in [0.1, 0.15) is 12.4 Å². The topological polar surface area (TPSA) is 82.5 Å². The molecule has 1 fully saturated rings. The molecule has 178 valence electrons. The van der Waals surface area contributed by atoms with Crippen LogP contribution < -0.4 is 15.5 Å². The Balaban J connectivity index is 1.51. The van der Waals surface area contributed by atoms with Crippen molar-refractivity contribution in [1.82, 2.24) is 9.78 Å². The van der Waals surface area contributed by atoms with Crippen LogP contribution in [0, 0.1) is 6.92 Å². The first kappa shape index (κ1) is 23.5. The zero-order valence-electron chi connectivity index (χ0n) is 18.3. The van der Waals surface area contributed by atoms with Crippen molar-refractivity contribution < 1.29 is 27.4 Å². The second kappa shape index (κ2) is 9.68. The Kier molecular flexibility index (Phi) is 6.69. The molecule has 10 heteroatoms. The predicted molar refractivity (Wildman–Crippen MR) is 118 cm³/mol. The minimum atomic E-state index is -4.54. The molecular formula is C24H22F3N3O4. The van der Waals surface area contributed by atoms with Gasteiger partial charge in [0.15, 0.2) is 5.69 Å². The van der Waals surface area contributed by atoms with Crippen LogP contribution in [0.3, 0.4) is 0 Å². The third-order valence-electron chi connectivity index (χ3n) is 5.31. The standard InChI is InChI=1S/C24H22F3N3O4/c1-15-12-21(31)22(29-30(15)18-5-2-4-16(13-18)24(25,26)27)23(32)28-17-7-9-19(10-8-17)34-14-20-6-3-11-33-20/h2,4-5,7-10,12-13,20H,3,6,11,14H2,1H3,(H,28,32). The van der Waals surface area contributed by atoms with Crippen LogP contribution >= 0.6 is 0 Å². The lowest BCUT2D eigenvalue weighted by Gasteiger charge is -2.14. The van der Waals surface area contributed by atoms with Gasteiger partial charge in [-0.25, -0.2) is 4.68 Å². The summed E-state index contributed by atoms with van der Waals surface area (Å²) in [7, 11) is 0. The zero-order chi connectivity index (χ0) is 24.3. The fourth-order valence-corrected chi connectivity index (χ4v) is 3.57. The van der Waals surface area contributed by atoms with Gasteiger partial charge in [0, 0.05) is 24.1 Å². The van der Waals surface area contributed by atoms with Crippen molar-refractivity contribution >= 4 is 11.6 Å². The Morgan fingerprint density at radius 3 is 2.65 bits per heavy atom. The van der Waals surface area contributed by atoms with E-state index in [9.17, 15) is 22.8 Å². The molecule has 0 saturated carbocycles. The van der Waals surface area contributed by atoms with Gasteiger partial charge in [-0.15, -0.1) is 0 Å². The molecule has 1 aromatic heterocycles. The lowest BCUT2D eigenvalue weighted by Crippen LogP contribution is -2.27. The molecule has 1 aliphatic heterocycles. The summed E-state index contributed by atoms with van der Waals surface area (Å²) in [5, 5.41) is 6.62. The number of amides is 1. The number of ether oxygens (including phenoxy) is 2. The number of alkyl halides is 3. The maximum atomic E-state index is 13.1. The number of anilines is 1. The third-order valence-corrected chi connectivity index (χ3v) is 5.31. The van der Waals surface area contributed by atoms with Crippen LogP contribution in [0.15, 0.2) is 59.4 Å². The van der Waals surface area contributed by atoms with Crippen LogP contribution in [0.2, 0.25) is 0 Å². The van der Waals surface area contributed by atoms with Gasteiger partial charge in [-0.1, -0.05) is 6.07 Å². The highest BCUT2D eigenvalue weighted by molar-refractivity contribution is 6.02. The smallest absolute Gasteiger partial charge is 0.416 e. The van der Waals surface area contributed by atoms with Gasteiger partial charge >= 0.3 is 6.18 Å². The van der Waals surface area contributed by atoms with Crippen molar-refractivity contribution in [3.05, 3.63) is 81.8 Å². The molecule has 2 heterocycles. The first-order chi connectivity index (χ1) is 16.2. The van der Waals surface area contributed by atoms with E-state index >= 15 is 0 Å². The molecule has 1 unspecified atom stereocenters. The molecule has 1 aliphatic rings. The SMILES string of the molecule is Cc1cc(=O)c(C(=O)Nc2ccc(OCC3CCCO3)cc2)nn1-c1cccc(C(F)(F)F)c1. The van der Waals surface area contributed by atoms with Crippen molar-refractivity contribution in [3.63, 3.8) is 0 Å². The summed E-state index contributed by atoms with van der Waals surface area (Å²) in [6, 6.07) is 12.2. The number of hydrogen-bond donors (Lipinski definition) is 1. The molecule has 0 spiro atoms. The Morgan fingerprint density at radius 2 is 1.97 bits per heavy atom. The Bertz CT molecular complexity index is 1230. The molecule has 3 aromatic rings. The highest BCUT2D eigenvalue weighted by Gasteiger charge is 2.30. The molecule has 34 heavy (non-hydrogen) atoms. The fourth-order valence-electron chi connectivity index (χ4n) is 3.57. The molecule has 7 nitrogen and oxygen atoms in total. The Hall–Kier alpha value is -3.66. The molecule has 0 aliphatic carbocycles. The number of rotatable bonds is 6. The van der Waals surface area contributed by atoms with E-state index in [1.807, 2.05) is 0 Å². The van der Waals surface area contributed by atoms with Crippen LogP contribution in [0.4, 0.5) is 18.9 Å². The number of carbonyl (C=O) groups is 1. The lowest BCUT2D eigenvalue weighted by molar-refractivity contribution is -0.137. The molecule has 2 aromatic carbocycles. The lowest BCUT2D eigenvalue weighted by atomic mass is 10.2. The Morgan fingerprint density at radius 1 is 1.21 bits per heavy atom. The zero-order valence-corrected chi connectivity index (χ0v) is 18.3. The largest absolute Gasteiger partial charge is 0.491 e. The van der Waals surface area contributed by atoms with Crippen molar-refractivity contribution in [2.24, 2.45) is 0 Å². The van der Waals surface area contributed by atoms with E-state index in [0.29, 0.717) is 18.0 Å². The minimum absolute atomic E-state index is 0.0750. The van der Waals surface area contributed by atoms with E-state index in [1.54, 1.807) is 24.3 Å². The number of aryl methyl sites for hydroxylation is 1. The number of aromatic nitrogens is 2. The van der Waals surface area contributed by atoms with Crippen LogP contribution in [0.25, 0.3) is 5.69 Å². The van der Waals surface area contributed by atoms with Crippen molar-refractivity contribution in [2.75, 3.05) is 18.5 Å². The quantitative estimate of drug-likeness (QED) is 0.575. The van der Waals surface area contributed by atoms with Crippen molar-refractivity contribution in [1.29, 1.82) is 0 Å².